The molecular formula is C33H47N7O7. The molecule has 1 fully saturated rings. The van der Waals surface area contributed by atoms with E-state index < -0.39 is 23.9 Å². The van der Waals surface area contributed by atoms with Gasteiger partial charge in [0.25, 0.3) is 0 Å². The van der Waals surface area contributed by atoms with Crippen LogP contribution in [0.3, 0.4) is 0 Å². The molecule has 2 aromatic rings. The largest absolute Gasteiger partial charge is 0.469 e. The molecule has 5 amide bonds. The molecule has 0 unspecified atom stereocenters. The molecular weight excluding hydrogens is 606 g/mol. The highest BCUT2D eigenvalue weighted by molar-refractivity contribution is 5.93. The summed E-state index contributed by atoms with van der Waals surface area (Å²) in [5, 5.41) is 13.7. The number of likely N-dealkylation sites (tertiary alicyclic amines) is 1. The van der Waals surface area contributed by atoms with E-state index in [1.54, 1.807) is 36.4 Å². The molecule has 3 atom stereocenters. The topological polar surface area (TPSA) is 197 Å². The number of nitrogens with zero attached hydrogens (tertiary/aromatic N) is 1. The van der Waals surface area contributed by atoms with Crippen LogP contribution in [0.1, 0.15) is 29.7 Å². The number of carbonyl (C=O) groups excluding carboxylic acids is 5. The highest BCUT2D eigenvalue weighted by Gasteiger charge is 2.29. The van der Waals surface area contributed by atoms with Crippen LogP contribution in [0.2, 0.25) is 0 Å². The SMILES string of the molecule is C=CC(=O)N[C@@H](CNC(=O)Cc1ccccc1CNC(=O)[C@H](Cc1ccco1)NC(=O)[C@@H]1CCCN(C)C1)C(=O)NCCOCCN. The zero-order valence-corrected chi connectivity index (χ0v) is 26.9. The maximum absolute atomic E-state index is 13.4. The van der Waals surface area contributed by atoms with Crippen molar-refractivity contribution in [3.8, 4) is 0 Å². The van der Waals surface area contributed by atoms with E-state index in [-0.39, 0.29) is 62.7 Å². The third-order valence-corrected chi connectivity index (χ3v) is 7.67. The van der Waals surface area contributed by atoms with Crippen LogP contribution in [0.5, 0.6) is 0 Å². The van der Waals surface area contributed by atoms with Crippen molar-refractivity contribution < 1.29 is 33.1 Å². The number of ether oxygens (including phenoxy) is 1. The van der Waals surface area contributed by atoms with Gasteiger partial charge in [0.2, 0.25) is 29.5 Å². The van der Waals surface area contributed by atoms with E-state index in [0.29, 0.717) is 36.6 Å². The van der Waals surface area contributed by atoms with Gasteiger partial charge in [-0.15, -0.1) is 0 Å². The fourth-order valence-electron chi connectivity index (χ4n) is 5.16. The highest BCUT2D eigenvalue weighted by atomic mass is 16.5. The Morgan fingerprint density at radius 3 is 2.49 bits per heavy atom. The predicted octanol–water partition coefficient (Wildman–Crippen LogP) is -0.614. The molecule has 1 saturated heterocycles. The van der Waals surface area contributed by atoms with Crippen molar-refractivity contribution in [2.45, 2.75) is 44.3 Å². The molecule has 0 spiro atoms. The van der Waals surface area contributed by atoms with Gasteiger partial charge >= 0.3 is 0 Å². The average Bonchev–Trinajstić information content (AvgIpc) is 3.58. The lowest BCUT2D eigenvalue weighted by Gasteiger charge is -2.30. The fraction of sp³-hybridized carbons (Fsp3) is 0.485. The second-order valence-corrected chi connectivity index (χ2v) is 11.4. The molecule has 47 heavy (non-hydrogen) atoms. The van der Waals surface area contributed by atoms with Crippen molar-refractivity contribution in [3.63, 3.8) is 0 Å². The number of nitrogens with one attached hydrogen (secondary N) is 5. The lowest BCUT2D eigenvalue weighted by Crippen LogP contribution is -2.53. The number of hydrogen-bond acceptors (Lipinski definition) is 9. The van der Waals surface area contributed by atoms with E-state index in [2.05, 4.69) is 38.1 Å². The molecule has 7 N–H and O–H groups in total. The van der Waals surface area contributed by atoms with Crippen molar-refractivity contribution >= 4 is 29.5 Å². The summed E-state index contributed by atoms with van der Waals surface area (Å²) >= 11 is 0. The van der Waals surface area contributed by atoms with Gasteiger partial charge in [0.15, 0.2) is 0 Å². The second-order valence-electron chi connectivity index (χ2n) is 11.4. The van der Waals surface area contributed by atoms with Crippen molar-refractivity contribution in [1.82, 2.24) is 31.5 Å². The van der Waals surface area contributed by atoms with E-state index in [4.69, 9.17) is 14.9 Å². The Kier molecular flexibility index (Phi) is 15.6. The molecule has 1 aromatic carbocycles. The van der Waals surface area contributed by atoms with Gasteiger partial charge in [0.1, 0.15) is 17.8 Å². The van der Waals surface area contributed by atoms with Crippen LogP contribution >= 0.6 is 0 Å². The van der Waals surface area contributed by atoms with Crippen molar-refractivity contribution in [1.29, 1.82) is 0 Å². The third kappa shape index (κ3) is 13.0. The third-order valence-electron chi connectivity index (χ3n) is 7.67. The zero-order chi connectivity index (χ0) is 34.0. The molecule has 0 bridgehead atoms. The Labute approximate surface area is 275 Å². The summed E-state index contributed by atoms with van der Waals surface area (Å²) in [5.41, 5.74) is 6.75. The Morgan fingerprint density at radius 1 is 1.02 bits per heavy atom. The van der Waals surface area contributed by atoms with Crippen molar-refractivity contribution in [2.75, 3.05) is 53.0 Å². The lowest BCUT2D eigenvalue weighted by atomic mass is 9.97. The highest BCUT2D eigenvalue weighted by Crippen LogP contribution is 2.16. The predicted molar refractivity (Wildman–Crippen MR) is 175 cm³/mol. The van der Waals surface area contributed by atoms with Crippen LogP contribution in [0.25, 0.3) is 0 Å². The van der Waals surface area contributed by atoms with E-state index >= 15 is 0 Å². The van der Waals surface area contributed by atoms with Crippen molar-refractivity contribution in [3.05, 3.63) is 72.2 Å². The first kappa shape index (κ1) is 36.9. The number of hydrogen-bond donors (Lipinski definition) is 6. The molecule has 2 heterocycles. The number of piperidine rings is 1. The normalized spacial score (nSPS) is 15.9. The van der Waals surface area contributed by atoms with Gasteiger partial charge in [-0.25, -0.2) is 0 Å². The van der Waals surface area contributed by atoms with Crippen LogP contribution < -0.4 is 32.3 Å². The quantitative estimate of drug-likeness (QED) is 0.0846. The molecule has 3 rings (SSSR count). The fourth-order valence-corrected chi connectivity index (χ4v) is 5.16. The number of nitrogens with two attached hydrogens (primary N) is 1. The minimum atomic E-state index is -1.04. The van der Waals surface area contributed by atoms with Crippen LogP contribution in [-0.2, 0) is 48.1 Å². The first-order valence-corrected chi connectivity index (χ1v) is 15.8. The average molecular weight is 654 g/mol. The van der Waals surface area contributed by atoms with Gasteiger partial charge in [0.05, 0.1) is 31.8 Å². The van der Waals surface area contributed by atoms with E-state index in [1.165, 1.54) is 6.26 Å². The molecule has 14 nitrogen and oxygen atoms in total. The molecule has 14 heteroatoms. The Hall–Kier alpha value is -4.53. The summed E-state index contributed by atoms with van der Waals surface area (Å²) in [6.07, 6.45) is 4.38. The summed E-state index contributed by atoms with van der Waals surface area (Å²) in [4.78, 5) is 66.1. The number of amides is 5. The summed E-state index contributed by atoms with van der Waals surface area (Å²) in [5.74, 6) is -1.62. The lowest BCUT2D eigenvalue weighted by molar-refractivity contribution is -0.132. The first-order chi connectivity index (χ1) is 22.7. The van der Waals surface area contributed by atoms with Crippen LogP contribution in [0, 0.1) is 5.92 Å². The maximum Gasteiger partial charge on any atom is 0.244 e. The van der Waals surface area contributed by atoms with Crippen LogP contribution in [0.15, 0.2) is 59.7 Å². The molecule has 1 aliphatic rings. The minimum absolute atomic E-state index is 0.0372. The van der Waals surface area contributed by atoms with Gasteiger partial charge in [-0.1, -0.05) is 30.8 Å². The molecule has 0 aliphatic carbocycles. The summed E-state index contributed by atoms with van der Waals surface area (Å²) in [7, 11) is 1.98. The van der Waals surface area contributed by atoms with Gasteiger partial charge in [0, 0.05) is 39.1 Å². The zero-order valence-electron chi connectivity index (χ0n) is 26.9. The Bertz CT molecular complexity index is 1330. The minimum Gasteiger partial charge on any atom is -0.469 e. The summed E-state index contributed by atoms with van der Waals surface area (Å²) in [6.45, 7) is 6.10. The molecule has 0 saturated carbocycles. The maximum atomic E-state index is 13.4. The second kappa shape index (κ2) is 19.9. The molecule has 1 aromatic heterocycles. The van der Waals surface area contributed by atoms with Crippen LogP contribution in [-0.4, -0.2) is 99.5 Å². The van der Waals surface area contributed by atoms with E-state index in [1.807, 2.05) is 7.05 Å². The first-order valence-electron chi connectivity index (χ1n) is 15.8. The summed E-state index contributed by atoms with van der Waals surface area (Å²) in [6, 6.07) is 8.74. The number of benzene rings is 1. The molecule has 1 aliphatic heterocycles. The number of carbonyl (C=O) groups is 5. The monoisotopic (exact) mass is 653 g/mol. The number of rotatable bonds is 19. The van der Waals surface area contributed by atoms with Gasteiger partial charge in [-0.2, -0.15) is 0 Å². The Morgan fingerprint density at radius 2 is 1.79 bits per heavy atom. The summed E-state index contributed by atoms with van der Waals surface area (Å²) < 4.78 is 10.7. The smallest absolute Gasteiger partial charge is 0.244 e. The van der Waals surface area contributed by atoms with Crippen molar-refractivity contribution in [2.24, 2.45) is 11.7 Å². The molecule has 0 radical (unpaired) electrons. The number of furan rings is 1. The van der Waals surface area contributed by atoms with Gasteiger partial charge in [-0.05, 0) is 55.8 Å². The molecule has 256 valence electrons. The van der Waals surface area contributed by atoms with E-state index in [9.17, 15) is 24.0 Å². The van der Waals surface area contributed by atoms with E-state index in [0.717, 1.165) is 25.5 Å². The standard InChI is InChI=1S/C33H47N7O7/c1-3-29(41)38-28(33(45)35-13-17-46-16-12-34)21-36-30(42)18-23-8-4-5-9-24(23)20-37-32(44)27(19-26-11-7-15-47-26)39-31(43)25-10-6-14-40(2)22-25/h3-5,7-9,11,15,25,27-28H,1,6,10,12-14,16-22,34H2,2H3,(H,35,45)(H,36,42)(H,37,44)(H,38,41)(H,39,43)/t25-,27+,28+/m1/s1. The van der Waals surface area contributed by atoms with Gasteiger partial charge < -0.3 is 46.4 Å². The van der Waals surface area contributed by atoms with Crippen LogP contribution in [0.4, 0.5) is 0 Å². The van der Waals surface area contributed by atoms with Gasteiger partial charge in [-0.3, -0.25) is 24.0 Å². The Balaban J connectivity index is 1.58.